The Morgan fingerprint density at radius 3 is 2.88 bits per heavy atom. The van der Waals surface area contributed by atoms with Crippen LogP contribution in [-0.2, 0) is 16.6 Å². The molecule has 0 aliphatic heterocycles. The molecule has 0 bridgehead atoms. The molecule has 0 aromatic carbocycles. The van der Waals surface area contributed by atoms with Crippen LogP contribution in [0, 0.1) is 0 Å². The van der Waals surface area contributed by atoms with Gasteiger partial charge in [0.2, 0.25) is 10.0 Å². The molecule has 1 rings (SSSR count). The Hall–Kier alpha value is -0.920. The second-order valence-electron chi connectivity index (χ2n) is 3.59. The minimum Gasteiger partial charge on any atom is -0.316 e. The van der Waals surface area contributed by atoms with Gasteiger partial charge in [0.15, 0.2) is 0 Å². The van der Waals surface area contributed by atoms with Crippen molar-refractivity contribution < 1.29 is 8.42 Å². The van der Waals surface area contributed by atoms with E-state index >= 15 is 0 Å². The minimum absolute atomic E-state index is 0.273. The van der Waals surface area contributed by atoms with Crippen LogP contribution >= 0.6 is 0 Å². The van der Waals surface area contributed by atoms with Crippen molar-refractivity contribution in [1.82, 2.24) is 20.2 Å². The Labute approximate surface area is 95.9 Å². The van der Waals surface area contributed by atoms with Crippen LogP contribution in [0.4, 0.5) is 0 Å². The number of nitrogens with one attached hydrogen (secondary N) is 3. The van der Waals surface area contributed by atoms with Crippen molar-refractivity contribution in [3.8, 4) is 0 Å². The van der Waals surface area contributed by atoms with E-state index in [0.717, 1.165) is 12.1 Å². The van der Waals surface area contributed by atoms with Crippen LogP contribution in [0.1, 0.15) is 19.4 Å². The monoisotopic (exact) mass is 246 g/mol. The summed E-state index contributed by atoms with van der Waals surface area (Å²) < 4.78 is 26.0. The highest BCUT2D eigenvalue weighted by atomic mass is 32.2. The van der Waals surface area contributed by atoms with Gasteiger partial charge in [-0.2, -0.15) is 5.10 Å². The standard InChI is InChI=1S/C9H18N4O2S/c1-3-10-4-8(2)16(14,15)13-7-9-5-11-12-6-9/h5-6,8,10,13H,3-4,7H2,1-2H3,(H,11,12). The van der Waals surface area contributed by atoms with Crippen LogP contribution in [0.25, 0.3) is 0 Å². The van der Waals surface area contributed by atoms with Crippen LogP contribution in [0.2, 0.25) is 0 Å². The third-order valence-electron chi connectivity index (χ3n) is 2.24. The topological polar surface area (TPSA) is 86.9 Å². The lowest BCUT2D eigenvalue weighted by molar-refractivity contribution is 0.560. The first-order valence-corrected chi connectivity index (χ1v) is 6.77. The van der Waals surface area contributed by atoms with Crippen molar-refractivity contribution in [1.29, 1.82) is 0 Å². The maximum atomic E-state index is 11.7. The number of aromatic nitrogens is 2. The van der Waals surface area contributed by atoms with Crippen LogP contribution in [0.3, 0.4) is 0 Å². The maximum absolute atomic E-state index is 11.7. The third kappa shape index (κ3) is 3.92. The Bertz CT molecular complexity index is 388. The van der Waals surface area contributed by atoms with Crippen molar-refractivity contribution >= 4 is 10.0 Å². The molecule has 1 unspecified atom stereocenters. The molecule has 0 saturated carbocycles. The molecule has 0 amide bonds. The highest BCUT2D eigenvalue weighted by Gasteiger charge is 2.19. The fourth-order valence-electron chi connectivity index (χ4n) is 1.16. The lowest BCUT2D eigenvalue weighted by Crippen LogP contribution is -2.38. The van der Waals surface area contributed by atoms with E-state index in [4.69, 9.17) is 0 Å². The molecule has 6 nitrogen and oxygen atoms in total. The van der Waals surface area contributed by atoms with Crippen LogP contribution in [0.5, 0.6) is 0 Å². The van der Waals surface area contributed by atoms with Gasteiger partial charge < -0.3 is 5.32 Å². The lowest BCUT2D eigenvalue weighted by atomic mass is 10.4. The largest absolute Gasteiger partial charge is 0.316 e. The Balaban J connectivity index is 2.45. The van der Waals surface area contributed by atoms with Crippen molar-refractivity contribution in [2.45, 2.75) is 25.6 Å². The molecule has 0 saturated heterocycles. The molecule has 0 aliphatic rings. The molecule has 0 radical (unpaired) electrons. The van der Waals surface area contributed by atoms with Gasteiger partial charge in [-0.3, -0.25) is 5.10 Å². The average Bonchev–Trinajstić information content (AvgIpc) is 2.76. The van der Waals surface area contributed by atoms with Crippen molar-refractivity contribution in [2.24, 2.45) is 0 Å². The van der Waals surface area contributed by atoms with Gasteiger partial charge in [-0.1, -0.05) is 6.92 Å². The van der Waals surface area contributed by atoms with E-state index in [2.05, 4.69) is 20.2 Å². The minimum atomic E-state index is -3.26. The highest BCUT2D eigenvalue weighted by molar-refractivity contribution is 7.90. The Morgan fingerprint density at radius 2 is 2.31 bits per heavy atom. The zero-order valence-electron chi connectivity index (χ0n) is 9.53. The van der Waals surface area contributed by atoms with Gasteiger partial charge in [0, 0.05) is 24.8 Å². The smallest absolute Gasteiger partial charge is 0.215 e. The second kappa shape index (κ2) is 5.97. The summed E-state index contributed by atoms with van der Waals surface area (Å²) in [4.78, 5) is 0. The van der Waals surface area contributed by atoms with Crippen LogP contribution in [-0.4, -0.2) is 37.0 Å². The normalized spacial score (nSPS) is 13.9. The molecule has 1 aromatic rings. The van der Waals surface area contributed by atoms with Gasteiger partial charge in [0.05, 0.1) is 11.4 Å². The van der Waals surface area contributed by atoms with Crippen molar-refractivity contribution in [2.75, 3.05) is 13.1 Å². The van der Waals surface area contributed by atoms with Gasteiger partial charge in [-0.25, -0.2) is 13.1 Å². The Kier molecular flexibility index (Phi) is 4.91. The number of nitrogens with zero attached hydrogens (tertiary/aromatic N) is 1. The van der Waals surface area contributed by atoms with E-state index in [9.17, 15) is 8.42 Å². The fourth-order valence-corrected chi connectivity index (χ4v) is 2.15. The molecular formula is C9H18N4O2S. The first-order chi connectivity index (χ1) is 7.56. The molecule has 0 spiro atoms. The number of H-pyrrole nitrogens is 1. The predicted octanol–water partition coefficient (Wildman–Crippen LogP) is -0.173. The molecule has 7 heteroatoms. The molecule has 92 valence electrons. The molecule has 16 heavy (non-hydrogen) atoms. The van der Waals surface area contributed by atoms with Crippen LogP contribution < -0.4 is 10.0 Å². The SMILES string of the molecule is CCNCC(C)S(=O)(=O)NCc1cn[nH]c1. The molecule has 1 atom stereocenters. The second-order valence-corrected chi connectivity index (χ2v) is 5.77. The van der Waals surface area contributed by atoms with Crippen LogP contribution in [0.15, 0.2) is 12.4 Å². The van der Waals surface area contributed by atoms with Crippen molar-refractivity contribution in [3.63, 3.8) is 0 Å². The summed E-state index contributed by atoms with van der Waals surface area (Å²) in [6.07, 6.45) is 3.26. The number of hydrogen-bond acceptors (Lipinski definition) is 4. The first kappa shape index (κ1) is 13.1. The van der Waals surface area contributed by atoms with Gasteiger partial charge in [-0.05, 0) is 13.5 Å². The highest BCUT2D eigenvalue weighted by Crippen LogP contribution is 2.00. The summed E-state index contributed by atoms with van der Waals surface area (Å²) in [5, 5.41) is 8.94. The van der Waals surface area contributed by atoms with E-state index in [1.54, 1.807) is 19.3 Å². The molecule has 0 fully saturated rings. The van der Waals surface area contributed by atoms with E-state index in [0.29, 0.717) is 6.54 Å². The molecule has 1 heterocycles. The zero-order valence-corrected chi connectivity index (χ0v) is 10.3. The maximum Gasteiger partial charge on any atom is 0.215 e. The summed E-state index contributed by atoms with van der Waals surface area (Å²) in [5.41, 5.74) is 0.819. The van der Waals surface area contributed by atoms with E-state index in [-0.39, 0.29) is 6.54 Å². The van der Waals surface area contributed by atoms with Gasteiger partial charge in [-0.15, -0.1) is 0 Å². The molecular weight excluding hydrogens is 228 g/mol. The summed E-state index contributed by atoms with van der Waals surface area (Å²) in [6.45, 7) is 5.12. The number of aromatic amines is 1. The summed E-state index contributed by atoms with van der Waals surface area (Å²) in [7, 11) is -3.26. The number of rotatable bonds is 7. The first-order valence-electron chi connectivity index (χ1n) is 5.23. The fraction of sp³-hybridized carbons (Fsp3) is 0.667. The van der Waals surface area contributed by atoms with Gasteiger partial charge in [0.25, 0.3) is 0 Å². The summed E-state index contributed by atoms with van der Waals surface area (Å²) >= 11 is 0. The summed E-state index contributed by atoms with van der Waals surface area (Å²) in [5.74, 6) is 0. The lowest BCUT2D eigenvalue weighted by Gasteiger charge is -2.13. The van der Waals surface area contributed by atoms with Gasteiger partial charge >= 0.3 is 0 Å². The zero-order chi connectivity index (χ0) is 12.0. The quantitative estimate of drug-likeness (QED) is 0.623. The predicted molar refractivity (Wildman–Crippen MR) is 62.4 cm³/mol. The molecule has 0 aliphatic carbocycles. The number of sulfonamides is 1. The number of hydrogen-bond donors (Lipinski definition) is 3. The summed E-state index contributed by atoms with van der Waals surface area (Å²) in [6, 6.07) is 0. The van der Waals surface area contributed by atoms with Crippen molar-refractivity contribution in [3.05, 3.63) is 18.0 Å². The average molecular weight is 246 g/mol. The van der Waals surface area contributed by atoms with E-state index < -0.39 is 15.3 Å². The Morgan fingerprint density at radius 1 is 1.56 bits per heavy atom. The third-order valence-corrected chi connectivity index (χ3v) is 4.02. The van der Waals surface area contributed by atoms with Gasteiger partial charge in [0.1, 0.15) is 0 Å². The van der Waals surface area contributed by atoms with E-state index in [1.165, 1.54) is 0 Å². The van der Waals surface area contributed by atoms with E-state index in [1.807, 2.05) is 6.92 Å². The molecule has 1 aromatic heterocycles. The molecule has 3 N–H and O–H groups in total.